The highest BCUT2D eigenvalue weighted by Gasteiger charge is 2.17. The SMILES string of the molecule is CCCCCCCCC/C=C/C(O)C(CO)NC(=O)CC/C=C\C/C=C\CCCCCCCCOC(=O)CCCCCCCCCCCCCCCC. The minimum Gasteiger partial charge on any atom is -0.466 e. The van der Waals surface area contributed by atoms with Gasteiger partial charge < -0.3 is 20.3 Å². The van der Waals surface area contributed by atoms with Gasteiger partial charge in [-0.15, -0.1) is 0 Å². The highest BCUT2D eigenvalue weighted by Crippen LogP contribution is 2.14. The predicted molar refractivity (Wildman–Crippen MR) is 227 cm³/mol. The van der Waals surface area contributed by atoms with Crippen molar-refractivity contribution in [1.29, 1.82) is 0 Å². The molecule has 310 valence electrons. The number of nitrogens with one attached hydrogen (secondary N) is 1. The van der Waals surface area contributed by atoms with E-state index in [1.807, 2.05) is 12.2 Å². The number of rotatable bonds is 41. The second-order valence-corrected chi connectivity index (χ2v) is 15.4. The molecule has 0 saturated heterocycles. The van der Waals surface area contributed by atoms with Crippen LogP contribution in [-0.2, 0) is 14.3 Å². The average molecular weight is 746 g/mol. The van der Waals surface area contributed by atoms with Gasteiger partial charge in [0.2, 0.25) is 5.91 Å². The lowest BCUT2D eigenvalue weighted by atomic mass is 10.0. The molecular formula is C47H87NO5. The molecule has 2 atom stereocenters. The van der Waals surface area contributed by atoms with Crippen molar-refractivity contribution in [3.05, 3.63) is 36.5 Å². The van der Waals surface area contributed by atoms with E-state index in [0.29, 0.717) is 25.9 Å². The number of esters is 1. The Labute approximate surface area is 328 Å². The Bertz CT molecular complexity index is 869. The van der Waals surface area contributed by atoms with E-state index < -0.39 is 12.1 Å². The van der Waals surface area contributed by atoms with Crippen molar-refractivity contribution in [2.24, 2.45) is 0 Å². The van der Waals surface area contributed by atoms with Crippen molar-refractivity contribution in [3.8, 4) is 0 Å². The molecule has 6 nitrogen and oxygen atoms in total. The van der Waals surface area contributed by atoms with E-state index >= 15 is 0 Å². The Hall–Kier alpha value is -1.92. The second kappa shape index (κ2) is 42.8. The Morgan fingerprint density at radius 3 is 1.47 bits per heavy atom. The van der Waals surface area contributed by atoms with E-state index in [0.717, 1.165) is 51.4 Å². The molecule has 0 aromatic heterocycles. The van der Waals surface area contributed by atoms with E-state index in [1.54, 1.807) is 6.08 Å². The van der Waals surface area contributed by atoms with Gasteiger partial charge in [0.05, 0.1) is 25.4 Å². The molecule has 0 radical (unpaired) electrons. The number of carbonyl (C=O) groups excluding carboxylic acids is 2. The van der Waals surface area contributed by atoms with Gasteiger partial charge in [0.1, 0.15) is 0 Å². The lowest BCUT2D eigenvalue weighted by molar-refractivity contribution is -0.143. The summed E-state index contributed by atoms with van der Waals surface area (Å²) in [6, 6.07) is -0.669. The number of aliphatic hydroxyl groups excluding tert-OH is 2. The second-order valence-electron chi connectivity index (χ2n) is 15.4. The third-order valence-electron chi connectivity index (χ3n) is 10.2. The number of hydrogen-bond donors (Lipinski definition) is 3. The smallest absolute Gasteiger partial charge is 0.305 e. The molecule has 0 aromatic rings. The molecule has 1 amide bonds. The predicted octanol–water partition coefficient (Wildman–Crippen LogP) is 12.9. The Kier molecular flexibility index (Phi) is 41.3. The zero-order valence-electron chi connectivity index (χ0n) is 35.0. The summed E-state index contributed by atoms with van der Waals surface area (Å²) >= 11 is 0. The summed E-state index contributed by atoms with van der Waals surface area (Å²) in [5.74, 6) is -0.170. The van der Waals surface area contributed by atoms with Gasteiger partial charge in [-0.2, -0.15) is 0 Å². The number of ether oxygens (including phenoxy) is 1. The van der Waals surface area contributed by atoms with Crippen LogP contribution in [0.1, 0.15) is 226 Å². The molecule has 2 unspecified atom stereocenters. The lowest BCUT2D eigenvalue weighted by Crippen LogP contribution is -2.45. The molecule has 0 aliphatic carbocycles. The number of amides is 1. The fourth-order valence-electron chi connectivity index (χ4n) is 6.62. The van der Waals surface area contributed by atoms with Gasteiger partial charge in [-0.1, -0.05) is 198 Å². The molecule has 0 fully saturated rings. The van der Waals surface area contributed by atoms with Gasteiger partial charge in [-0.3, -0.25) is 9.59 Å². The maximum atomic E-state index is 12.3. The summed E-state index contributed by atoms with van der Waals surface area (Å²) in [5.41, 5.74) is 0. The molecule has 0 aliphatic rings. The molecule has 3 N–H and O–H groups in total. The summed E-state index contributed by atoms with van der Waals surface area (Å²) in [7, 11) is 0. The Morgan fingerprint density at radius 2 is 0.962 bits per heavy atom. The largest absolute Gasteiger partial charge is 0.466 e. The third-order valence-corrected chi connectivity index (χ3v) is 10.2. The summed E-state index contributed by atoms with van der Waals surface area (Å²) < 4.78 is 5.44. The molecule has 53 heavy (non-hydrogen) atoms. The standard InChI is InChI=1S/C47H87NO5/c1-3-5-7-9-11-13-14-15-18-21-25-29-33-37-41-47(52)53-42-38-34-30-26-22-19-16-17-20-24-28-32-36-40-46(51)48-44(43-49)45(50)39-35-31-27-23-12-10-8-6-4-2/h17,20,28,32,35,39,44-45,49-50H,3-16,18-19,21-27,29-31,33-34,36-38,40-43H2,1-2H3,(H,48,51)/b20-17-,32-28-,39-35+. The molecule has 0 heterocycles. The first-order valence-corrected chi connectivity index (χ1v) is 22.8. The molecule has 6 heteroatoms. The van der Waals surface area contributed by atoms with Crippen LogP contribution in [0.25, 0.3) is 0 Å². The van der Waals surface area contributed by atoms with E-state index in [-0.39, 0.29) is 18.5 Å². The van der Waals surface area contributed by atoms with Crippen LogP contribution in [-0.4, -0.2) is 47.4 Å². The van der Waals surface area contributed by atoms with E-state index in [1.165, 1.54) is 141 Å². The van der Waals surface area contributed by atoms with E-state index in [4.69, 9.17) is 4.74 Å². The van der Waals surface area contributed by atoms with Crippen molar-refractivity contribution >= 4 is 11.9 Å². The number of allylic oxidation sites excluding steroid dienone is 5. The molecule has 0 aliphatic heterocycles. The minimum atomic E-state index is -0.876. The fourth-order valence-corrected chi connectivity index (χ4v) is 6.62. The highest BCUT2D eigenvalue weighted by molar-refractivity contribution is 5.76. The van der Waals surface area contributed by atoms with Gasteiger partial charge in [0, 0.05) is 12.8 Å². The lowest BCUT2D eigenvalue weighted by Gasteiger charge is -2.19. The number of hydrogen-bond acceptors (Lipinski definition) is 5. The first-order valence-electron chi connectivity index (χ1n) is 22.8. The van der Waals surface area contributed by atoms with Crippen molar-refractivity contribution in [3.63, 3.8) is 0 Å². The van der Waals surface area contributed by atoms with Crippen molar-refractivity contribution in [1.82, 2.24) is 5.32 Å². The van der Waals surface area contributed by atoms with Crippen molar-refractivity contribution in [2.45, 2.75) is 238 Å². The quantitative estimate of drug-likeness (QED) is 0.0329. The summed E-state index contributed by atoms with van der Waals surface area (Å²) in [4.78, 5) is 24.3. The normalized spacial score (nSPS) is 13.1. The van der Waals surface area contributed by atoms with Gasteiger partial charge in [-0.25, -0.2) is 0 Å². The van der Waals surface area contributed by atoms with Crippen LogP contribution in [0.15, 0.2) is 36.5 Å². The van der Waals surface area contributed by atoms with Crippen molar-refractivity contribution < 1.29 is 24.5 Å². The zero-order chi connectivity index (χ0) is 38.7. The number of carbonyl (C=O) groups is 2. The van der Waals surface area contributed by atoms with Gasteiger partial charge in [0.25, 0.3) is 0 Å². The number of aliphatic hydroxyl groups is 2. The Balaban J connectivity index is 3.56. The van der Waals surface area contributed by atoms with Gasteiger partial charge >= 0.3 is 5.97 Å². The summed E-state index contributed by atoms with van der Waals surface area (Å²) in [6.07, 6.45) is 50.1. The highest BCUT2D eigenvalue weighted by atomic mass is 16.5. The zero-order valence-corrected chi connectivity index (χ0v) is 35.0. The Morgan fingerprint density at radius 1 is 0.528 bits per heavy atom. The van der Waals surface area contributed by atoms with Crippen LogP contribution in [0.5, 0.6) is 0 Å². The summed E-state index contributed by atoms with van der Waals surface area (Å²) in [6.45, 7) is 4.79. The average Bonchev–Trinajstić information content (AvgIpc) is 3.16. The van der Waals surface area contributed by atoms with Crippen LogP contribution < -0.4 is 5.32 Å². The van der Waals surface area contributed by atoms with Crippen LogP contribution in [0.4, 0.5) is 0 Å². The summed E-state index contributed by atoms with van der Waals surface area (Å²) in [5, 5.41) is 22.8. The molecule has 0 spiro atoms. The van der Waals surface area contributed by atoms with Crippen molar-refractivity contribution in [2.75, 3.05) is 13.2 Å². The van der Waals surface area contributed by atoms with Crippen LogP contribution in [0, 0.1) is 0 Å². The first kappa shape index (κ1) is 51.1. The third kappa shape index (κ3) is 39.6. The maximum Gasteiger partial charge on any atom is 0.305 e. The molecule has 0 bridgehead atoms. The molecule has 0 rings (SSSR count). The fraction of sp³-hybridized carbons (Fsp3) is 0.830. The topological polar surface area (TPSA) is 95.9 Å². The minimum absolute atomic E-state index is 0.0177. The van der Waals surface area contributed by atoms with Gasteiger partial charge in [-0.05, 0) is 51.4 Å². The molecular weight excluding hydrogens is 659 g/mol. The van der Waals surface area contributed by atoms with Crippen LogP contribution >= 0.6 is 0 Å². The van der Waals surface area contributed by atoms with E-state index in [2.05, 4.69) is 37.4 Å². The van der Waals surface area contributed by atoms with E-state index in [9.17, 15) is 19.8 Å². The molecule has 0 saturated carbocycles. The molecule has 0 aromatic carbocycles. The monoisotopic (exact) mass is 746 g/mol. The van der Waals surface area contributed by atoms with Crippen LogP contribution in [0.2, 0.25) is 0 Å². The van der Waals surface area contributed by atoms with Crippen LogP contribution in [0.3, 0.4) is 0 Å². The first-order chi connectivity index (χ1) is 26.0. The maximum absolute atomic E-state index is 12.3. The van der Waals surface area contributed by atoms with Gasteiger partial charge in [0.15, 0.2) is 0 Å². The number of unbranched alkanes of at least 4 members (excludes halogenated alkanes) is 26.